The molecule has 114 valence electrons. The molecule has 3 nitrogen and oxygen atoms in total. The fourth-order valence-corrected chi connectivity index (χ4v) is 2.57. The van der Waals surface area contributed by atoms with Crippen molar-refractivity contribution in [3.05, 3.63) is 0 Å². The fraction of sp³-hybridized carbons (Fsp3) is 1.00. The Kier molecular flexibility index (Phi) is 4.04. The Morgan fingerprint density at radius 2 is 1.47 bits per heavy atom. The average molecular weight is 314 g/mol. The van der Waals surface area contributed by atoms with Crippen LogP contribution in [0.2, 0.25) is 0 Å². The van der Waals surface area contributed by atoms with Crippen molar-refractivity contribution in [2.24, 2.45) is 5.41 Å². The van der Waals surface area contributed by atoms with E-state index in [1.165, 1.54) is 20.8 Å². The Bertz CT molecular complexity index is 356. The summed E-state index contributed by atoms with van der Waals surface area (Å²) in [6.45, 7) is 4.16. The van der Waals surface area contributed by atoms with Crippen LogP contribution in [0.25, 0.3) is 0 Å². The summed E-state index contributed by atoms with van der Waals surface area (Å²) in [6, 6.07) is 0. The van der Waals surface area contributed by atoms with Crippen molar-refractivity contribution in [3.8, 4) is 0 Å². The van der Waals surface area contributed by atoms with E-state index < -0.39 is 47.3 Å². The maximum atomic E-state index is 12.8. The number of halogens is 6. The van der Waals surface area contributed by atoms with Crippen LogP contribution in [0.4, 0.5) is 26.3 Å². The fourth-order valence-electron chi connectivity index (χ4n) is 1.50. The van der Waals surface area contributed by atoms with Crippen molar-refractivity contribution in [2.45, 2.75) is 51.2 Å². The molecule has 0 saturated carbocycles. The molecule has 0 aromatic rings. The van der Waals surface area contributed by atoms with E-state index in [1.54, 1.807) is 0 Å². The molecule has 1 heterocycles. The molecular formula is C9H12F6O3S. The summed E-state index contributed by atoms with van der Waals surface area (Å²) in [4.78, 5) is 0. The summed E-state index contributed by atoms with van der Waals surface area (Å²) in [5.41, 5.74) is -5.53. The van der Waals surface area contributed by atoms with Crippen LogP contribution in [0.1, 0.15) is 27.2 Å². The Labute approximate surface area is 108 Å². The number of hydrogen-bond acceptors (Lipinski definition) is 3. The summed E-state index contributed by atoms with van der Waals surface area (Å²) in [6.07, 6.45) is -14.5. The minimum Gasteiger partial charge on any atom is -0.264 e. The highest BCUT2D eigenvalue weighted by molar-refractivity contribution is 7.75. The maximum Gasteiger partial charge on any atom is 0.428 e. The van der Waals surface area contributed by atoms with Crippen LogP contribution >= 0.6 is 0 Å². The molecule has 1 saturated heterocycles. The van der Waals surface area contributed by atoms with Gasteiger partial charge in [0.2, 0.25) is 0 Å². The highest BCUT2D eigenvalue weighted by Crippen LogP contribution is 2.53. The van der Waals surface area contributed by atoms with Gasteiger partial charge in [0.15, 0.2) is 0 Å². The molecule has 2 atom stereocenters. The lowest BCUT2D eigenvalue weighted by atomic mass is 9.81. The first kappa shape index (κ1) is 16.7. The first-order valence-corrected chi connectivity index (χ1v) is 6.12. The van der Waals surface area contributed by atoms with Gasteiger partial charge in [0.25, 0.3) is 5.60 Å². The molecular weight excluding hydrogens is 302 g/mol. The molecule has 2 unspecified atom stereocenters. The highest BCUT2D eigenvalue weighted by atomic mass is 32.2. The van der Waals surface area contributed by atoms with Crippen LogP contribution in [0.5, 0.6) is 0 Å². The molecule has 10 heteroatoms. The van der Waals surface area contributed by atoms with Gasteiger partial charge in [-0.15, -0.1) is 0 Å². The molecule has 0 spiro atoms. The molecule has 1 aliphatic rings. The lowest BCUT2D eigenvalue weighted by Gasteiger charge is -2.44. The van der Waals surface area contributed by atoms with E-state index in [0.717, 1.165) is 0 Å². The predicted molar refractivity (Wildman–Crippen MR) is 53.0 cm³/mol. The summed E-state index contributed by atoms with van der Waals surface area (Å²) in [5.74, 6) is 0. The second kappa shape index (κ2) is 4.59. The van der Waals surface area contributed by atoms with Gasteiger partial charge in [-0.3, -0.25) is 4.18 Å². The molecule has 0 aromatic heterocycles. The van der Waals surface area contributed by atoms with Crippen molar-refractivity contribution in [1.82, 2.24) is 0 Å². The van der Waals surface area contributed by atoms with Gasteiger partial charge in [-0.05, 0) is 5.41 Å². The molecule has 0 radical (unpaired) electrons. The third-order valence-corrected chi connectivity index (χ3v) is 3.57. The van der Waals surface area contributed by atoms with Crippen LogP contribution in [-0.4, -0.2) is 28.3 Å². The topological polar surface area (TPSA) is 35.5 Å². The Morgan fingerprint density at radius 1 is 1.05 bits per heavy atom. The van der Waals surface area contributed by atoms with E-state index in [0.29, 0.717) is 0 Å². The molecule has 1 rings (SSSR count). The minimum absolute atomic E-state index is 1.05. The molecule has 19 heavy (non-hydrogen) atoms. The first-order valence-electron chi connectivity index (χ1n) is 5.12. The predicted octanol–water partition coefficient (Wildman–Crippen LogP) is 3.28. The smallest absolute Gasteiger partial charge is 0.264 e. The molecule has 0 bridgehead atoms. The van der Waals surface area contributed by atoms with E-state index >= 15 is 0 Å². The van der Waals surface area contributed by atoms with E-state index in [-0.39, 0.29) is 0 Å². The quantitative estimate of drug-likeness (QED) is 0.644. The lowest BCUT2D eigenvalue weighted by molar-refractivity contribution is -0.370. The lowest BCUT2D eigenvalue weighted by Crippen LogP contribution is -2.64. The van der Waals surface area contributed by atoms with Gasteiger partial charge < -0.3 is 0 Å². The van der Waals surface area contributed by atoms with Crippen LogP contribution < -0.4 is 0 Å². The van der Waals surface area contributed by atoms with Gasteiger partial charge in [0.05, 0.1) is 6.10 Å². The second-order valence-electron chi connectivity index (χ2n) is 5.27. The molecule has 1 fully saturated rings. The average Bonchev–Trinajstić information content (AvgIpc) is 2.11. The van der Waals surface area contributed by atoms with Gasteiger partial charge in [0, 0.05) is 6.42 Å². The van der Waals surface area contributed by atoms with Crippen LogP contribution in [0, 0.1) is 5.41 Å². The van der Waals surface area contributed by atoms with Crippen molar-refractivity contribution in [2.75, 3.05) is 0 Å². The largest absolute Gasteiger partial charge is 0.428 e. The van der Waals surface area contributed by atoms with Gasteiger partial charge in [0.1, 0.15) is 0 Å². The normalized spacial score (nSPS) is 29.3. The van der Waals surface area contributed by atoms with Crippen molar-refractivity contribution < 1.29 is 38.9 Å². The SMILES string of the molecule is CC(C)(C)C1CC(C(F)(F)F)(C(F)(F)F)OS(=O)O1. The highest BCUT2D eigenvalue weighted by Gasteiger charge is 2.76. The van der Waals surface area contributed by atoms with Gasteiger partial charge in [-0.1, -0.05) is 20.8 Å². The van der Waals surface area contributed by atoms with E-state index in [4.69, 9.17) is 0 Å². The zero-order valence-electron chi connectivity index (χ0n) is 10.2. The monoisotopic (exact) mass is 314 g/mol. The van der Waals surface area contributed by atoms with Gasteiger partial charge in [-0.2, -0.15) is 30.6 Å². The summed E-state index contributed by atoms with van der Waals surface area (Å²) in [7, 11) is 0. The van der Waals surface area contributed by atoms with Crippen molar-refractivity contribution in [3.63, 3.8) is 0 Å². The molecule has 0 N–H and O–H groups in total. The van der Waals surface area contributed by atoms with Crippen molar-refractivity contribution in [1.29, 1.82) is 0 Å². The summed E-state index contributed by atoms with van der Waals surface area (Å²) < 4.78 is 96.0. The third kappa shape index (κ3) is 3.05. The van der Waals surface area contributed by atoms with Crippen LogP contribution in [0.3, 0.4) is 0 Å². The Hall–Kier alpha value is -0.350. The molecule has 0 aromatic carbocycles. The summed E-state index contributed by atoms with van der Waals surface area (Å²) >= 11 is -3.12. The molecule has 0 amide bonds. The first-order chi connectivity index (χ1) is 8.21. The van der Waals surface area contributed by atoms with E-state index in [2.05, 4.69) is 8.37 Å². The molecule has 0 aliphatic carbocycles. The zero-order chi connectivity index (χ0) is 15.3. The standard InChI is InChI=1S/C9H12F6O3S/c1-6(2,3)5-4-7(8(10,11)12,9(13,14)15)18-19(16)17-5/h5H,4H2,1-3H3. The van der Waals surface area contributed by atoms with Gasteiger partial charge >= 0.3 is 23.7 Å². The van der Waals surface area contributed by atoms with E-state index in [1.807, 2.05) is 0 Å². The molecule has 1 aliphatic heterocycles. The third-order valence-electron chi connectivity index (χ3n) is 2.76. The maximum absolute atomic E-state index is 12.8. The van der Waals surface area contributed by atoms with E-state index in [9.17, 15) is 30.6 Å². The Balaban J connectivity index is 3.29. The minimum atomic E-state index is -5.74. The second-order valence-corrected chi connectivity index (χ2v) is 6.03. The van der Waals surface area contributed by atoms with Crippen LogP contribution in [-0.2, 0) is 19.7 Å². The number of hydrogen-bond donors (Lipinski definition) is 0. The zero-order valence-corrected chi connectivity index (χ0v) is 11.0. The number of alkyl halides is 6. The van der Waals surface area contributed by atoms with Gasteiger partial charge in [-0.25, -0.2) is 4.18 Å². The Morgan fingerprint density at radius 3 is 1.79 bits per heavy atom. The summed E-state index contributed by atoms with van der Waals surface area (Å²) in [5, 5.41) is 0. The number of rotatable bonds is 0. The van der Waals surface area contributed by atoms with Crippen molar-refractivity contribution >= 4 is 11.4 Å². The van der Waals surface area contributed by atoms with Crippen LogP contribution in [0.15, 0.2) is 0 Å².